The van der Waals surface area contributed by atoms with Crippen LogP contribution in [-0.2, 0) is 4.79 Å². The first-order chi connectivity index (χ1) is 7.93. The highest BCUT2D eigenvalue weighted by Crippen LogP contribution is 2.34. The van der Waals surface area contributed by atoms with E-state index in [1.54, 1.807) is 0 Å². The van der Waals surface area contributed by atoms with E-state index in [1.165, 1.54) is 0 Å². The molecule has 1 atom stereocenters. The summed E-state index contributed by atoms with van der Waals surface area (Å²) in [4.78, 5) is 10.8. The van der Waals surface area contributed by atoms with Crippen molar-refractivity contribution in [2.24, 2.45) is 5.73 Å². The summed E-state index contributed by atoms with van der Waals surface area (Å²) < 4.78 is 31.6. The van der Waals surface area contributed by atoms with Crippen molar-refractivity contribution >= 4 is 17.6 Å². The van der Waals surface area contributed by atoms with Gasteiger partial charge in [-0.05, 0) is 6.07 Å². The predicted octanol–water partition coefficient (Wildman–Crippen LogP) is 1.75. The van der Waals surface area contributed by atoms with Gasteiger partial charge in [0, 0.05) is 12.1 Å². The molecule has 4 nitrogen and oxygen atoms in total. The zero-order valence-corrected chi connectivity index (χ0v) is 9.59. The van der Waals surface area contributed by atoms with E-state index in [2.05, 4.69) is 4.74 Å². The van der Waals surface area contributed by atoms with Crippen molar-refractivity contribution in [3.8, 4) is 5.75 Å². The van der Waals surface area contributed by atoms with Gasteiger partial charge in [0.15, 0.2) is 11.6 Å². The zero-order valence-electron chi connectivity index (χ0n) is 8.84. The molecular weight excluding hydrogens is 256 g/mol. The van der Waals surface area contributed by atoms with E-state index in [0.29, 0.717) is 0 Å². The van der Waals surface area contributed by atoms with Gasteiger partial charge in [0.25, 0.3) is 0 Å². The number of hydrogen-bond acceptors (Lipinski definition) is 3. The number of ether oxygens (including phenoxy) is 1. The molecule has 0 aliphatic heterocycles. The van der Waals surface area contributed by atoms with Crippen molar-refractivity contribution in [1.82, 2.24) is 0 Å². The Bertz CT molecular complexity index is 454. The number of aliphatic carboxylic acids is 1. The molecule has 1 aromatic rings. The lowest BCUT2D eigenvalue weighted by Crippen LogP contribution is -2.22. The Balaban J connectivity index is 3.41. The van der Waals surface area contributed by atoms with Crippen molar-refractivity contribution in [2.75, 3.05) is 13.7 Å². The molecule has 1 rings (SSSR count). The van der Waals surface area contributed by atoms with Crippen LogP contribution in [0.4, 0.5) is 8.78 Å². The molecule has 0 saturated heterocycles. The highest BCUT2D eigenvalue weighted by Gasteiger charge is 2.27. The average molecular weight is 266 g/mol. The van der Waals surface area contributed by atoms with Crippen LogP contribution >= 0.6 is 11.6 Å². The summed E-state index contributed by atoms with van der Waals surface area (Å²) in [5.74, 6) is -5.81. The van der Waals surface area contributed by atoms with E-state index in [1.807, 2.05) is 0 Å². The fraction of sp³-hybridized carbons (Fsp3) is 0.300. The first-order valence-corrected chi connectivity index (χ1v) is 4.96. The topological polar surface area (TPSA) is 72.5 Å². The molecule has 3 N–H and O–H groups in total. The van der Waals surface area contributed by atoms with Gasteiger partial charge in [-0.2, -0.15) is 4.39 Å². The maximum absolute atomic E-state index is 13.6. The van der Waals surface area contributed by atoms with Gasteiger partial charge in [-0.25, -0.2) is 4.39 Å². The third kappa shape index (κ3) is 2.48. The Labute approximate surface area is 101 Å². The van der Waals surface area contributed by atoms with Crippen LogP contribution in [0.2, 0.25) is 5.02 Å². The SMILES string of the molecule is COc1c(Cl)cc(C(CN)C(=O)O)c(F)c1F. The molecule has 0 radical (unpaired) electrons. The van der Waals surface area contributed by atoms with E-state index < -0.39 is 34.8 Å². The fourth-order valence-corrected chi connectivity index (χ4v) is 1.68. The van der Waals surface area contributed by atoms with Crippen LogP contribution in [0.1, 0.15) is 11.5 Å². The van der Waals surface area contributed by atoms with Crippen molar-refractivity contribution < 1.29 is 23.4 Å². The molecule has 0 saturated carbocycles. The third-order valence-corrected chi connectivity index (χ3v) is 2.54. The minimum Gasteiger partial charge on any atom is -0.492 e. The highest BCUT2D eigenvalue weighted by atomic mass is 35.5. The molecule has 94 valence electrons. The first kappa shape index (κ1) is 13.7. The van der Waals surface area contributed by atoms with Crippen molar-refractivity contribution in [2.45, 2.75) is 5.92 Å². The molecule has 0 fully saturated rings. The lowest BCUT2D eigenvalue weighted by Gasteiger charge is -2.14. The van der Waals surface area contributed by atoms with E-state index in [9.17, 15) is 13.6 Å². The Hall–Kier alpha value is -1.40. The van der Waals surface area contributed by atoms with Gasteiger partial charge in [0.1, 0.15) is 0 Å². The van der Waals surface area contributed by atoms with Gasteiger partial charge >= 0.3 is 5.97 Å². The van der Waals surface area contributed by atoms with Crippen LogP contribution in [-0.4, -0.2) is 24.7 Å². The van der Waals surface area contributed by atoms with Crippen molar-refractivity contribution in [3.05, 3.63) is 28.3 Å². The summed E-state index contributed by atoms with van der Waals surface area (Å²) in [7, 11) is 1.13. The van der Waals surface area contributed by atoms with E-state index in [-0.39, 0.29) is 11.6 Å². The Morgan fingerprint density at radius 2 is 2.18 bits per heavy atom. The zero-order chi connectivity index (χ0) is 13.2. The van der Waals surface area contributed by atoms with Crippen LogP contribution in [0.15, 0.2) is 6.07 Å². The standard InChI is InChI=1S/C10H10ClF2NO3/c1-17-9-6(11)2-4(7(12)8(9)13)5(3-14)10(15)16/h2,5H,3,14H2,1H3,(H,15,16). The van der Waals surface area contributed by atoms with Crippen LogP contribution in [0, 0.1) is 11.6 Å². The average Bonchev–Trinajstić information content (AvgIpc) is 2.26. The summed E-state index contributed by atoms with van der Waals surface area (Å²) in [6, 6.07) is 1.00. The summed E-state index contributed by atoms with van der Waals surface area (Å²) >= 11 is 5.65. The summed E-state index contributed by atoms with van der Waals surface area (Å²) in [6.07, 6.45) is 0. The van der Waals surface area contributed by atoms with Crippen molar-refractivity contribution in [1.29, 1.82) is 0 Å². The first-order valence-electron chi connectivity index (χ1n) is 4.58. The van der Waals surface area contributed by atoms with Gasteiger partial charge in [0.2, 0.25) is 5.82 Å². The minimum absolute atomic E-state index is 0.207. The number of carbonyl (C=O) groups is 1. The van der Waals surface area contributed by atoms with Crippen LogP contribution in [0.5, 0.6) is 5.75 Å². The molecule has 17 heavy (non-hydrogen) atoms. The van der Waals surface area contributed by atoms with Crippen LogP contribution < -0.4 is 10.5 Å². The molecular formula is C10H10ClF2NO3. The Morgan fingerprint density at radius 1 is 1.59 bits per heavy atom. The molecule has 0 aliphatic rings. The summed E-state index contributed by atoms with van der Waals surface area (Å²) in [5.41, 5.74) is 4.80. The van der Waals surface area contributed by atoms with E-state index >= 15 is 0 Å². The van der Waals surface area contributed by atoms with Crippen LogP contribution in [0.25, 0.3) is 0 Å². The second-order valence-electron chi connectivity index (χ2n) is 3.24. The number of carboxylic acid groups (broad SMARTS) is 1. The van der Waals surface area contributed by atoms with Gasteiger partial charge in [-0.1, -0.05) is 11.6 Å². The molecule has 7 heteroatoms. The van der Waals surface area contributed by atoms with E-state index in [0.717, 1.165) is 13.2 Å². The minimum atomic E-state index is -1.35. The molecule has 0 aliphatic carbocycles. The van der Waals surface area contributed by atoms with E-state index in [4.69, 9.17) is 22.4 Å². The molecule has 0 aromatic heterocycles. The molecule has 1 aromatic carbocycles. The second kappa shape index (κ2) is 5.29. The number of halogens is 3. The number of rotatable bonds is 4. The molecule has 0 amide bonds. The monoisotopic (exact) mass is 265 g/mol. The number of nitrogens with two attached hydrogens (primary N) is 1. The Morgan fingerprint density at radius 3 is 2.59 bits per heavy atom. The number of methoxy groups -OCH3 is 1. The lowest BCUT2D eigenvalue weighted by molar-refractivity contribution is -0.138. The largest absolute Gasteiger partial charge is 0.492 e. The number of carboxylic acids is 1. The quantitative estimate of drug-likeness (QED) is 0.814. The molecule has 1 unspecified atom stereocenters. The van der Waals surface area contributed by atoms with Gasteiger partial charge in [0.05, 0.1) is 18.1 Å². The maximum Gasteiger partial charge on any atom is 0.312 e. The predicted molar refractivity (Wildman–Crippen MR) is 57.4 cm³/mol. The smallest absolute Gasteiger partial charge is 0.312 e. The molecule has 0 spiro atoms. The fourth-order valence-electron chi connectivity index (χ4n) is 1.40. The highest BCUT2D eigenvalue weighted by molar-refractivity contribution is 6.32. The lowest BCUT2D eigenvalue weighted by atomic mass is 9.98. The van der Waals surface area contributed by atoms with Gasteiger partial charge in [-0.15, -0.1) is 0 Å². The number of benzene rings is 1. The second-order valence-corrected chi connectivity index (χ2v) is 3.64. The third-order valence-electron chi connectivity index (χ3n) is 2.26. The Kier molecular flexibility index (Phi) is 4.25. The normalized spacial score (nSPS) is 12.3. The van der Waals surface area contributed by atoms with Crippen molar-refractivity contribution in [3.63, 3.8) is 0 Å². The molecule has 0 bridgehead atoms. The summed E-state index contributed by atoms with van der Waals surface area (Å²) in [5, 5.41) is 8.61. The number of hydrogen-bond donors (Lipinski definition) is 2. The maximum atomic E-state index is 13.6. The van der Waals surface area contributed by atoms with Gasteiger partial charge in [-0.3, -0.25) is 4.79 Å². The van der Waals surface area contributed by atoms with Gasteiger partial charge < -0.3 is 15.6 Å². The molecule has 0 heterocycles. The summed E-state index contributed by atoms with van der Waals surface area (Å²) in [6.45, 7) is -0.367. The van der Waals surface area contributed by atoms with Crippen LogP contribution in [0.3, 0.4) is 0 Å².